The highest BCUT2D eigenvalue weighted by Crippen LogP contribution is 2.29. The molecule has 0 bridgehead atoms. The van der Waals surface area contributed by atoms with Crippen molar-refractivity contribution in [3.05, 3.63) is 53.3 Å². The maximum Gasteiger partial charge on any atom is 0.338 e. The van der Waals surface area contributed by atoms with Gasteiger partial charge in [-0.05, 0) is 31.2 Å². The van der Waals surface area contributed by atoms with Crippen LogP contribution in [0.25, 0.3) is 10.9 Å². The van der Waals surface area contributed by atoms with Gasteiger partial charge in [-0.2, -0.15) is 0 Å². The van der Waals surface area contributed by atoms with Crippen molar-refractivity contribution in [3.8, 4) is 11.5 Å². The van der Waals surface area contributed by atoms with E-state index in [-0.39, 0.29) is 6.61 Å². The number of hydrogen-bond acceptors (Lipinski definition) is 7. The van der Waals surface area contributed by atoms with Crippen LogP contribution in [-0.2, 0) is 11.3 Å². The first-order chi connectivity index (χ1) is 12.5. The molecule has 0 aliphatic rings. The molecule has 1 heterocycles. The molecular formula is C19H19N3O4. The van der Waals surface area contributed by atoms with E-state index in [0.717, 1.165) is 10.9 Å². The number of aromatic nitrogens is 2. The number of nitrogens with zero attached hydrogens (tertiary/aromatic N) is 2. The van der Waals surface area contributed by atoms with Gasteiger partial charge in [-0.1, -0.05) is 12.1 Å². The van der Waals surface area contributed by atoms with Gasteiger partial charge in [0.15, 0.2) is 12.4 Å². The Morgan fingerprint density at radius 3 is 2.38 bits per heavy atom. The van der Waals surface area contributed by atoms with Gasteiger partial charge in [0, 0.05) is 10.9 Å². The number of anilines is 1. The smallest absolute Gasteiger partial charge is 0.338 e. The molecule has 2 aromatic carbocycles. The fourth-order valence-corrected chi connectivity index (χ4v) is 2.63. The van der Waals surface area contributed by atoms with Gasteiger partial charge in [-0.15, -0.1) is 0 Å². The molecule has 134 valence electrons. The molecule has 0 unspecified atom stereocenters. The van der Waals surface area contributed by atoms with Crippen molar-refractivity contribution in [2.75, 3.05) is 20.0 Å². The molecule has 1 aromatic heterocycles. The summed E-state index contributed by atoms with van der Waals surface area (Å²) < 4.78 is 15.9. The van der Waals surface area contributed by atoms with Gasteiger partial charge in [0.25, 0.3) is 0 Å². The van der Waals surface area contributed by atoms with Crippen LogP contribution in [0.5, 0.6) is 11.5 Å². The molecule has 0 aliphatic carbocycles. The van der Waals surface area contributed by atoms with Crippen LogP contribution in [0, 0.1) is 6.92 Å². The first-order valence-electron chi connectivity index (χ1n) is 7.94. The molecule has 3 rings (SSSR count). The number of methoxy groups -OCH3 is 2. The Morgan fingerprint density at radius 2 is 1.73 bits per heavy atom. The van der Waals surface area contributed by atoms with Gasteiger partial charge >= 0.3 is 5.97 Å². The third-order valence-corrected chi connectivity index (χ3v) is 4.00. The Morgan fingerprint density at radius 1 is 1.08 bits per heavy atom. The van der Waals surface area contributed by atoms with E-state index in [4.69, 9.17) is 19.9 Å². The summed E-state index contributed by atoms with van der Waals surface area (Å²) in [7, 11) is 3.06. The Kier molecular flexibility index (Phi) is 4.88. The van der Waals surface area contributed by atoms with Gasteiger partial charge in [-0.3, -0.25) is 0 Å². The largest absolute Gasteiger partial charge is 0.496 e. The fourth-order valence-electron chi connectivity index (χ4n) is 2.63. The van der Waals surface area contributed by atoms with Gasteiger partial charge < -0.3 is 19.9 Å². The lowest BCUT2D eigenvalue weighted by Gasteiger charge is -2.12. The monoisotopic (exact) mass is 353 g/mol. The minimum absolute atomic E-state index is 0.0909. The molecule has 0 radical (unpaired) electrons. The van der Waals surface area contributed by atoms with Crippen molar-refractivity contribution in [3.63, 3.8) is 0 Å². The van der Waals surface area contributed by atoms with E-state index < -0.39 is 5.97 Å². The van der Waals surface area contributed by atoms with E-state index in [1.54, 1.807) is 12.1 Å². The van der Waals surface area contributed by atoms with Crippen molar-refractivity contribution in [1.82, 2.24) is 9.97 Å². The minimum Gasteiger partial charge on any atom is -0.496 e. The zero-order chi connectivity index (χ0) is 18.7. The maximum atomic E-state index is 12.4. The summed E-state index contributed by atoms with van der Waals surface area (Å²) in [4.78, 5) is 20.9. The topological polar surface area (TPSA) is 96.6 Å². The molecule has 0 spiro atoms. The molecule has 0 saturated heterocycles. The van der Waals surface area contributed by atoms with Gasteiger partial charge in [0.2, 0.25) is 0 Å². The lowest BCUT2D eigenvalue weighted by Crippen LogP contribution is -2.09. The minimum atomic E-state index is -0.531. The van der Waals surface area contributed by atoms with Gasteiger partial charge in [0.1, 0.15) is 17.3 Å². The average Bonchev–Trinajstić information content (AvgIpc) is 2.66. The zero-order valence-corrected chi connectivity index (χ0v) is 14.8. The van der Waals surface area contributed by atoms with E-state index >= 15 is 0 Å². The normalized spacial score (nSPS) is 10.6. The van der Waals surface area contributed by atoms with Crippen molar-refractivity contribution < 1.29 is 19.0 Å². The second-order valence-corrected chi connectivity index (χ2v) is 5.62. The van der Waals surface area contributed by atoms with Crippen LogP contribution in [0.3, 0.4) is 0 Å². The second kappa shape index (κ2) is 7.26. The van der Waals surface area contributed by atoms with Crippen LogP contribution in [0.1, 0.15) is 21.7 Å². The van der Waals surface area contributed by atoms with Crippen molar-refractivity contribution in [2.45, 2.75) is 13.5 Å². The number of hydrogen-bond donors (Lipinski definition) is 1. The summed E-state index contributed by atoms with van der Waals surface area (Å²) in [6.07, 6.45) is 0. The highest BCUT2D eigenvalue weighted by molar-refractivity contribution is 5.91. The van der Waals surface area contributed by atoms with E-state index in [1.165, 1.54) is 14.2 Å². The van der Waals surface area contributed by atoms with Crippen LogP contribution in [0.15, 0.2) is 36.4 Å². The van der Waals surface area contributed by atoms with Crippen LogP contribution < -0.4 is 15.2 Å². The highest BCUT2D eigenvalue weighted by Gasteiger charge is 2.15. The van der Waals surface area contributed by atoms with Crippen molar-refractivity contribution in [1.29, 1.82) is 0 Å². The van der Waals surface area contributed by atoms with Crippen LogP contribution in [0.2, 0.25) is 0 Å². The number of benzene rings is 2. The third kappa shape index (κ3) is 3.37. The average molecular weight is 353 g/mol. The number of ether oxygens (including phenoxy) is 3. The lowest BCUT2D eigenvalue weighted by molar-refractivity contribution is 0.0462. The molecule has 3 aromatic rings. The summed E-state index contributed by atoms with van der Waals surface area (Å²) >= 11 is 0. The van der Waals surface area contributed by atoms with Crippen LogP contribution in [-0.4, -0.2) is 30.2 Å². The summed E-state index contributed by atoms with van der Waals surface area (Å²) in [6, 6.07) is 10.6. The molecule has 0 amide bonds. The molecule has 0 aliphatic heterocycles. The van der Waals surface area contributed by atoms with E-state index in [1.807, 2.05) is 31.2 Å². The molecule has 0 saturated carbocycles. The van der Waals surface area contributed by atoms with Crippen molar-refractivity contribution >= 4 is 22.7 Å². The Balaban J connectivity index is 1.81. The summed E-state index contributed by atoms with van der Waals surface area (Å²) in [5.41, 5.74) is 7.76. The summed E-state index contributed by atoms with van der Waals surface area (Å²) in [5.74, 6) is 1.24. The number of rotatable bonds is 5. The molecular weight excluding hydrogens is 334 g/mol. The Bertz CT molecular complexity index is 947. The van der Waals surface area contributed by atoms with Crippen molar-refractivity contribution in [2.24, 2.45) is 0 Å². The molecule has 2 N–H and O–H groups in total. The standard InChI is InChI=1S/C19H19N3O4/c1-11-15(24-2)8-12(9-16(11)25-3)19(23)26-10-17-21-14-7-5-4-6-13(14)18(20)22-17/h4-9H,10H2,1-3H3,(H2,20,21,22). The Hall–Kier alpha value is -3.35. The number of nitrogens with two attached hydrogens (primary N) is 1. The number of esters is 1. The first kappa shape index (κ1) is 17.5. The summed E-state index contributed by atoms with van der Waals surface area (Å²) in [6.45, 7) is 1.75. The molecule has 7 heteroatoms. The molecule has 7 nitrogen and oxygen atoms in total. The number of carbonyl (C=O) groups excluding carboxylic acids is 1. The Labute approximate surface area is 150 Å². The second-order valence-electron chi connectivity index (χ2n) is 5.62. The number of carbonyl (C=O) groups is 1. The molecule has 0 atom stereocenters. The zero-order valence-electron chi connectivity index (χ0n) is 14.8. The SMILES string of the molecule is COc1cc(C(=O)OCc2nc(N)c3ccccc3n2)cc(OC)c1C. The number of nitrogen functional groups attached to an aromatic ring is 1. The number of fused-ring (bicyclic) bond motifs is 1. The fraction of sp³-hybridized carbons (Fsp3) is 0.211. The predicted octanol–water partition coefficient (Wildman–Crippen LogP) is 2.89. The number of para-hydroxylation sites is 1. The summed E-state index contributed by atoms with van der Waals surface area (Å²) in [5, 5.41) is 0.760. The third-order valence-electron chi connectivity index (χ3n) is 4.00. The predicted molar refractivity (Wildman–Crippen MR) is 97.4 cm³/mol. The van der Waals surface area contributed by atoms with Gasteiger partial charge in [-0.25, -0.2) is 14.8 Å². The first-order valence-corrected chi connectivity index (χ1v) is 7.94. The quantitative estimate of drug-likeness (QED) is 0.704. The molecule has 0 fully saturated rings. The highest BCUT2D eigenvalue weighted by atomic mass is 16.5. The van der Waals surface area contributed by atoms with E-state index in [2.05, 4.69) is 9.97 Å². The molecule has 26 heavy (non-hydrogen) atoms. The lowest BCUT2D eigenvalue weighted by atomic mass is 10.1. The van der Waals surface area contributed by atoms with E-state index in [9.17, 15) is 4.79 Å². The van der Waals surface area contributed by atoms with Gasteiger partial charge in [0.05, 0.1) is 25.3 Å². The van der Waals surface area contributed by atoms with Crippen LogP contribution >= 0.6 is 0 Å². The van der Waals surface area contributed by atoms with E-state index in [0.29, 0.717) is 34.2 Å². The maximum absolute atomic E-state index is 12.4. The van der Waals surface area contributed by atoms with Crippen LogP contribution in [0.4, 0.5) is 5.82 Å².